The summed E-state index contributed by atoms with van der Waals surface area (Å²) < 4.78 is 1.86. The lowest BCUT2D eigenvalue weighted by Crippen LogP contribution is -1.95. The third-order valence-corrected chi connectivity index (χ3v) is 1.79. The zero-order valence-corrected chi connectivity index (χ0v) is 7.12. The lowest BCUT2D eigenvalue weighted by atomic mass is 10.5. The summed E-state index contributed by atoms with van der Waals surface area (Å²) in [5.41, 5.74) is 0.136. The first-order chi connectivity index (χ1) is 5.27. The van der Waals surface area contributed by atoms with Gasteiger partial charge in [0.1, 0.15) is 0 Å². The van der Waals surface area contributed by atoms with Gasteiger partial charge in [-0.1, -0.05) is 0 Å². The predicted octanol–water partition coefficient (Wildman–Crippen LogP) is 1.34. The van der Waals surface area contributed by atoms with E-state index in [1.807, 2.05) is 4.57 Å². The number of imidazole rings is 1. The van der Waals surface area contributed by atoms with Gasteiger partial charge in [0.05, 0.1) is 6.33 Å². The molecule has 1 aromatic rings. The quantitative estimate of drug-likeness (QED) is 0.762. The summed E-state index contributed by atoms with van der Waals surface area (Å²) in [6.45, 7) is 0. The van der Waals surface area contributed by atoms with Gasteiger partial charge >= 0.3 is 5.97 Å². The van der Waals surface area contributed by atoms with Gasteiger partial charge in [0.15, 0.2) is 5.69 Å². The van der Waals surface area contributed by atoms with Crippen molar-refractivity contribution in [2.75, 3.05) is 0 Å². The Morgan fingerprint density at radius 1 is 1.67 bits per heavy atom. The summed E-state index contributed by atoms with van der Waals surface area (Å²) in [6, 6.07) is 0.510. The molecule has 0 aromatic carbocycles. The third-order valence-electron chi connectivity index (χ3n) is 1.79. The lowest BCUT2D eigenvalue weighted by molar-refractivity contribution is 0.0691. The molecule has 1 aliphatic carbocycles. The van der Waals surface area contributed by atoms with Gasteiger partial charge in [-0.05, 0) is 12.8 Å². The van der Waals surface area contributed by atoms with Gasteiger partial charge in [-0.15, -0.1) is 12.4 Å². The molecule has 1 aromatic heterocycles. The summed E-state index contributed by atoms with van der Waals surface area (Å²) in [5.74, 6) is -0.954. The van der Waals surface area contributed by atoms with Crippen LogP contribution < -0.4 is 0 Å². The molecule has 0 radical (unpaired) electrons. The van der Waals surface area contributed by atoms with Crippen LogP contribution in [0.2, 0.25) is 0 Å². The molecule has 1 aliphatic rings. The Balaban J connectivity index is 0.000000720. The monoisotopic (exact) mass is 188 g/mol. The van der Waals surface area contributed by atoms with E-state index in [0.717, 1.165) is 12.8 Å². The summed E-state index contributed by atoms with van der Waals surface area (Å²) in [7, 11) is 0. The van der Waals surface area contributed by atoms with E-state index in [-0.39, 0.29) is 18.1 Å². The van der Waals surface area contributed by atoms with Crippen LogP contribution in [0.15, 0.2) is 12.5 Å². The molecule has 0 atom stereocenters. The highest BCUT2D eigenvalue weighted by Gasteiger charge is 2.24. The molecular formula is C7H9ClN2O2. The Hall–Kier alpha value is -1.03. The minimum atomic E-state index is -0.954. The second kappa shape index (κ2) is 3.15. The normalized spacial score (nSPS) is 15.3. The molecule has 0 spiro atoms. The van der Waals surface area contributed by atoms with E-state index in [4.69, 9.17) is 5.11 Å². The number of rotatable bonds is 2. The zero-order chi connectivity index (χ0) is 7.84. The molecule has 12 heavy (non-hydrogen) atoms. The molecule has 1 heterocycles. The second-order valence-corrected chi connectivity index (χ2v) is 2.74. The van der Waals surface area contributed by atoms with E-state index in [0.29, 0.717) is 6.04 Å². The van der Waals surface area contributed by atoms with Crippen LogP contribution in [0.3, 0.4) is 0 Å². The van der Waals surface area contributed by atoms with Crippen LogP contribution in [0.4, 0.5) is 0 Å². The van der Waals surface area contributed by atoms with Crippen LogP contribution in [0.5, 0.6) is 0 Å². The number of carbonyl (C=O) groups is 1. The van der Waals surface area contributed by atoms with Gasteiger partial charge in [0, 0.05) is 12.2 Å². The van der Waals surface area contributed by atoms with Gasteiger partial charge in [0.2, 0.25) is 0 Å². The van der Waals surface area contributed by atoms with E-state index in [9.17, 15) is 4.79 Å². The van der Waals surface area contributed by atoms with Crippen molar-refractivity contribution < 1.29 is 9.90 Å². The molecule has 4 nitrogen and oxygen atoms in total. The maximum atomic E-state index is 10.4. The first-order valence-corrected chi connectivity index (χ1v) is 3.54. The maximum Gasteiger partial charge on any atom is 0.356 e. The zero-order valence-electron chi connectivity index (χ0n) is 6.30. The smallest absolute Gasteiger partial charge is 0.356 e. The van der Waals surface area contributed by atoms with Gasteiger partial charge in [-0.25, -0.2) is 9.78 Å². The molecule has 0 bridgehead atoms. The number of hydrogen-bond acceptors (Lipinski definition) is 2. The molecule has 1 saturated carbocycles. The largest absolute Gasteiger partial charge is 0.476 e. The number of hydrogen-bond donors (Lipinski definition) is 1. The van der Waals surface area contributed by atoms with Gasteiger partial charge in [-0.2, -0.15) is 0 Å². The molecular weight excluding hydrogens is 180 g/mol. The van der Waals surface area contributed by atoms with Crippen LogP contribution in [-0.2, 0) is 0 Å². The average Bonchev–Trinajstić information content (AvgIpc) is 2.68. The van der Waals surface area contributed by atoms with Crippen LogP contribution in [0, 0.1) is 0 Å². The van der Waals surface area contributed by atoms with Gasteiger partial charge in [-0.3, -0.25) is 0 Å². The van der Waals surface area contributed by atoms with E-state index in [2.05, 4.69) is 4.98 Å². The lowest BCUT2D eigenvalue weighted by Gasteiger charge is -1.92. The summed E-state index contributed by atoms with van der Waals surface area (Å²) >= 11 is 0. The summed E-state index contributed by atoms with van der Waals surface area (Å²) in [6.07, 6.45) is 5.46. The second-order valence-electron chi connectivity index (χ2n) is 2.74. The van der Waals surface area contributed by atoms with Gasteiger partial charge in [0.25, 0.3) is 0 Å². The Morgan fingerprint density at radius 3 is 2.75 bits per heavy atom. The Kier molecular flexibility index (Phi) is 2.38. The van der Waals surface area contributed by atoms with E-state index in [1.54, 1.807) is 12.5 Å². The standard InChI is InChI=1S/C7H8N2O2.ClH/c10-7(11)6-3-9(4-8-6)5-1-2-5;/h3-5H,1-2H2,(H,10,11);1H. The number of carboxylic acid groups (broad SMARTS) is 1. The molecule has 5 heteroatoms. The van der Waals surface area contributed by atoms with E-state index in [1.165, 1.54) is 0 Å². The molecule has 0 saturated heterocycles. The molecule has 1 fully saturated rings. The fourth-order valence-electron chi connectivity index (χ4n) is 1.02. The summed E-state index contributed by atoms with van der Waals surface area (Å²) in [5, 5.41) is 8.52. The molecule has 66 valence electrons. The maximum absolute atomic E-state index is 10.4. The van der Waals surface area contributed by atoms with Crippen molar-refractivity contribution >= 4 is 18.4 Å². The van der Waals surface area contributed by atoms with Crippen molar-refractivity contribution in [1.82, 2.24) is 9.55 Å². The van der Waals surface area contributed by atoms with Crippen LogP contribution in [-0.4, -0.2) is 20.6 Å². The number of nitrogens with zero attached hydrogens (tertiary/aromatic N) is 2. The van der Waals surface area contributed by atoms with Crippen molar-refractivity contribution in [3.8, 4) is 0 Å². The topological polar surface area (TPSA) is 55.1 Å². The van der Waals surface area contributed by atoms with E-state index < -0.39 is 5.97 Å². The van der Waals surface area contributed by atoms with Gasteiger partial charge < -0.3 is 9.67 Å². The van der Waals surface area contributed by atoms with Crippen LogP contribution in [0.25, 0.3) is 0 Å². The number of carboxylic acids is 1. The van der Waals surface area contributed by atoms with Crippen molar-refractivity contribution in [3.05, 3.63) is 18.2 Å². The highest BCUT2D eigenvalue weighted by atomic mass is 35.5. The number of aromatic carboxylic acids is 1. The average molecular weight is 189 g/mol. The summed E-state index contributed by atoms with van der Waals surface area (Å²) in [4.78, 5) is 14.1. The van der Waals surface area contributed by atoms with Crippen molar-refractivity contribution in [2.24, 2.45) is 0 Å². The minimum Gasteiger partial charge on any atom is -0.476 e. The highest BCUT2D eigenvalue weighted by Crippen LogP contribution is 2.34. The predicted molar refractivity (Wildman–Crippen MR) is 44.7 cm³/mol. The van der Waals surface area contributed by atoms with E-state index >= 15 is 0 Å². The molecule has 0 amide bonds. The molecule has 0 unspecified atom stereocenters. The third kappa shape index (κ3) is 1.58. The molecule has 1 N–H and O–H groups in total. The van der Waals surface area contributed by atoms with Crippen LogP contribution in [0.1, 0.15) is 29.4 Å². The minimum absolute atomic E-state index is 0. The van der Waals surface area contributed by atoms with Crippen molar-refractivity contribution in [2.45, 2.75) is 18.9 Å². The van der Waals surface area contributed by atoms with Crippen molar-refractivity contribution in [1.29, 1.82) is 0 Å². The highest BCUT2D eigenvalue weighted by molar-refractivity contribution is 5.85. The fraction of sp³-hybridized carbons (Fsp3) is 0.429. The van der Waals surface area contributed by atoms with Crippen molar-refractivity contribution in [3.63, 3.8) is 0 Å². The number of aromatic nitrogens is 2. The molecule has 2 rings (SSSR count). The SMILES string of the molecule is Cl.O=C(O)c1cn(C2CC2)cn1. The Morgan fingerprint density at radius 2 is 2.33 bits per heavy atom. The fourth-order valence-corrected chi connectivity index (χ4v) is 1.02. The Bertz CT molecular complexity index is 293. The number of halogens is 1. The first-order valence-electron chi connectivity index (χ1n) is 3.54. The Labute approximate surface area is 75.6 Å². The first kappa shape index (κ1) is 9.06. The van der Waals surface area contributed by atoms with Crippen LogP contribution >= 0.6 is 12.4 Å². The molecule has 0 aliphatic heterocycles.